The Hall–Kier alpha value is -2.23. The average Bonchev–Trinajstić information content (AvgIpc) is 2.86. The first kappa shape index (κ1) is 17.2. The smallest absolute Gasteiger partial charge is 0.331 e. The van der Waals surface area contributed by atoms with Crippen LogP contribution in [0.3, 0.4) is 0 Å². The van der Waals surface area contributed by atoms with Crippen LogP contribution < -0.4 is 13.9 Å². The average molecular weight is 381 g/mol. The van der Waals surface area contributed by atoms with Crippen LogP contribution >= 0.6 is 0 Å². The van der Waals surface area contributed by atoms with Crippen LogP contribution in [0.15, 0.2) is 42.5 Å². The summed E-state index contributed by atoms with van der Waals surface area (Å²) in [5.41, 5.74) is 0.341. The summed E-state index contributed by atoms with van der Waals surface area (Å²) in [7, 11) is -4.13. The highest BCUT2D eigenvalue weighted by Gasteiger charge is 2.43. The lowest BCUT2D eigenvalue weighted by Crippen LogP contribution is -2.47. The van der Waals surface area contributed by atoms with Crippen molar-refractivity contribution in [1.82, 2.24) is 5.32 Å². The van der Waals surface area contributed by atoms with E-state index in [0.29, 0.717) is 25.4 Å². The maximum absolute atomic E-state index is 14.3. The fourth-order valence-electron chi connectivity index (χ4n) is 3.21. The summed E-state index contributed by atoms with van der Waals surface area (Å²) in [6.07, 6.45) is -0.330. The van der Waals surface area contributed by atoms with Gasteiger partial charge in [-0.1, -0.05) is 18.2 Å². The van der Waals surface area contributed by atoms with Crippen molar-refractivity contribution in [3.05, 3.63) is 54.1 Å². The molecule has 0 spiro atoms. The number of halogens is 2. The van der Waals surface area contributed by atoms with Crippen LogP contribution in [0.5, 0.6) is 0 Å². The molecule has 4 rings (SSSR count). The van der Waals surface area contributed by atoms with Gasteiger partial charge >= 0.3 is 10.2 Å². The standard InChI is InChI=1S/C17H17F2N3O3S/c18-13-4-3-7-16(17(13)19)22-15-6-2-1-5-14(15)21(26(22,23)24)11-12-10-20-8-9-25-12/h1-7,12,20H,8-11H2. The van der Waals surface area contributed by atoms with E-state index in [-0.39, 0.29) is 24.0 Å². The number of ether oxygens (including phenoxy) is 1. The predicted octanol–water partition coefficient (Wildman–Crippen LogP) is 2.16. The van der Waals surface area contributed by atoms with Crippen LogP contribution in [0.2, 0.25) is 0 Å². The van der Waals surface area contributed by atoms with Crippen LogP contribution in [0, 0.1) is 11.6 Å². The van der Waals surface area contributed by atoms with Gasteiger partial charge in [0.15, 0.2) is 11.6 Å². The fourth-order valence-corrected chi connectivity index (χ4v) is 4.96. The molecule has 2 aromatic rings. The van der Waals surface area contributed by atoms with E-state index < -0.39 is 21.8 Å². The molecule has 1 atom stereocenters. The van der Waals surface area contributed by atoms with E-state index in [2.05, 4.69) is 5.32 Å². The molecular weight excluding hydrogens is 364 g/mol. The Morgan fingerprint density at radius 1 is 1.08 bits per heavy atom. The minimum atomic E-state index is -4.13. The highest BCUT2D eigenvalue weighted by Crippen LogP contribution is 2.46. The molecule has 1 fully saturated rings. The third-order valence-electron chi connectivity index (χ3n) is 4.40. The summed E-state index contributed by atoms with van der Waals surface area (Å²) in [5, 5.41) is 3.15. The highest BCUT2D eigenvalue weighted by molar-refractivity contribution is 7.95. The van der Waals surface area contributed by atoms with Crippen molar-refractivity contribution >= 4 is 27.3 Å². The SMILES string of the molecule is O=S1(=O)N(CC2CNCCO2)c2ccccc2N1c1cccc(F)c1F. The Balaban J connectivity index is 1.80. The first-order valence-electron chi connectivity index (χ1n) is 8.18. The Labute approximate surface area is 150 Å². The van der Waals surface area contributed by atoms with Crippen LogP contribution in [-0.2, 0) is 14.9 Å². The highest BCUT2D eigenvalue weighted by atomic mass is 32.2. The van der Waals surface area contributed by atoms with Gasteiger partial charge in [0.1, 0.15) is 0 Å². The van der Waals surface area contributed by atoms with Crippen molar-refractivity contribution in [1.29, 1.82) is 0 Å². The summed E-state index contributed by atoms with van der Waals surface area (Å²) < 4.78 is 62.0. The van der Waals surface area contributed by atoms with Gasteiger partial charge < -0.3 is 10.1 Å². The molecule has 1 saturated heterocycles. The molecule has 138 valence electrons. The van der Waals surface area contributed by atoms with Gasteiger partial charge in [0.25, 0.3) is 0 Å². The number of rotatable bonds is 3. The lowest BCUT2D eigenvalue weighted by atomic mass is 10.2. The molecule has 2 aromatic carbocycles. The van der Waals surface area contributed by atoms with Crippen LogP contribution in [0.25, 0.3) is 0 Å². The number of fused-ring (bicyclic) bond motifs is 1. The van der Waals surface area contributed by atoms with Crippen molar-refractivity contribution in [3.63, 3.8) is 0 Å². The van der Waals surface area contributed by atoms with Gasteiger partial charge in [0.2, 0.25) is 0 Å². The molecule has 2 heterocycles. The third-order valence-corrected chi connectivity index (χ3v) is 6.16. The summed E-state index contributed by atoms with van der Waals surface area (Å²) in [6, 6.07) is 10.0. The molecular formula is C17H17F2N3O3S. The zero-order valence-corrected chi connectivity index (χ0v) is 14.5. The molecule has 0 bridgehead atoms. The number of para-hydroxylation sites is 2. The van der Waals surface area contributed by atoms with E-state index >= 15 is 0 Å². The molecule has 26 heavy (non-hydrogen) atoms. The number of hydrogen-bond acceptors (Lipinski definition) is 4. The molecule has 0 saturated carbocycles. The quantitative estimate of drug-likeness (QED) is 0.885. The van der Waals surface area contributed by atoms with Crippen LogP contribution in [0.4, 0.5) is 25.8 Å². The Kier molecular flexibility index (Phi) is 4.29. The van der Waals surface area contributed by atoms with E-state index in [0.717, 1.165) is 10.4 Å². The van der Waals surface area contributed by atoms with E-state index in [1.54, 1.807) is 24.3 Å². The Morgan fingerprint density at radius 3 is 2.54 bits per heavy atom. The van der Waals surface area contributed by atoms with E-state index in [1.165, 1.54) is 16.4 Å². The monoisotopic (exact) mass is 381 g/mol. The third kappa shape index (κ3) is 2.72. The maximum atomic E-state index is 14.3. The van der Waals surface area contributed by atoms with Crippen molar-refractivity contribution in [2.24, 2.45) is 0 Å². The van der Waals surface area contributed by atoms with Gasteiger partial charge in [-0.05, 0) is 24.3 Å². The molecule has 0 amide bonds. The Bertz CT molecular complexity index is 933. The van der Waals surface area contributed by atoms with Gasteiger partial charge in [-0.2, -0.15) is 8.42 Å². The second-order valence-corrected chi connectivity index (χ2v) is 7.76. The van der Waals surface area contributed by atoms with Crippen molar-refractivity contribution in [2.75, 3.05) is 34.9 Å². The second kappa shape index (κ2) is 6.49. The molecule has 2 aliphatic rings. The molecule has 9 heteroatoms. The summed E-state index contributed by atoms with van der Waals surface area (Å²) in [4.78, 5) is 0. The molecule has 1 unspecified atom stereocenters. The summed E-state index contributed by atoms with van der Waals surface area (Å²) >= 11 is 0. The topological polar surface area (TPSA) is 61.9 Å². The maximum Gasteiger partial charge on any atom is 0.331 e. The van der Waals surface area contributed by atoms with Gasteiger partial charge in [-0.3, -0.25) is 0 Å². The summed E-state index contributed by atoms with van der Waals surface area (Å²) in [6.45, 7) is 1.80. The lowest BCUT2D eigenvalue weighted by molar-refractivity contribution is 0.0353. The van der Waals surface area contributed by atoms with E-state index in [1.807, 2.05) is 0 Å². The molecule has 1 N–H and O–H groups in total. The molecule has 0 aliphatic carbocycles. The van der Waals surface area contributed by atoms with Crippen molar-refractivity contribution in [3.8, 4) is 0 Å². The van der Waals surface area contributed by atoms with Gasteiger partial charge in [0.05, 0.1) is 36.3 Å². The van der Waals surface area contributed by atoms with E-state index in [9.17, 15) is 17.2 Å². The van der Waals surface area contributed by atoms with Crippen LogP contribution in [-0.4, -0.2) is 40.8 Å². The molecule has 0 radical (unpaired) electrons. The minimum Gasteiger partial charge on any atom is -0.374 e. The zero-order valence-electron chi connectivity index (χ0n) is 13.7. The minimum absolute atomic E-state index is 0.0831. The van der Waals surface area contributed by atoms with Gasteiger partial charge in [-0.25, -0.2) is 17.4 Å². The first-order chi connectivity index (χ1) is 12.5. The number of anilines is 3. The van der Waals surface area contributed by atoms with E-state index in [4.69, 9.17) is 4.74 Å². The number of benzene rings is 2. The number of nitrogens with zero attached hydrogens (tertiary/aromatic N) is 2. The van der Waals surface area contributed by atoms with Gasteiger partial charge in [-0.15, -0.1) is 0 Å². The first-order valence-corrected chi connectivity index (χ1v) is 9.58. The second-order valence-electron chi connectivity index (χ2n) is 6.06. The number of nitrogens with one attached hydrogen (secondary N) is 1. The molecule has 0 aromatic heterocycles. The molecule has 6 nitrogen and oxygen atoms in total. The number of hydrogen-bond donors (Lipinski definition) is 1. The lowest BCUT2D eigenvalue weighted by Gasteiger charge is -2.29. The van der Waals surface area contributed by atoms with Crippen molar-refractivity contribution in [2.45, 2.75) is 6.10 Å². The van der Waals surface area contributed by atoms with Gasteiger partial charge in [0, 0.05) is 13.1 Å². The van der Waals surface area contributed by atoms with Crippen LogP contribution in [0.1, 0.15) is 0 Å². The zero-order chi connectivity index (χ0) is 18.3. The molecule has 2 aliphatic heterocycles. The largest absolute Gasteiger partial charge is 0.374 e. The predicted molar refractivity (Wildman–Crippen MR) is 93.8 cm³/mol. The fraction of sp³-hybridized carbons (Fsp3) is 0.294. The van der Waals surface area contributed by atoms with Crippen molar-refractivity contribution < 1.29 is 21.9 Å². The number of morpholine rings is 1. The Morgan fingerprint density at radius 2 is 1.81 bits per heavy atom. The summed E-state index contributed by atoms with van der Waals surface area (Å²) in [5.74, 6) is -2.31. The normalized spacial score (nSPS) is 21.7.